The van der Waals surface area contributed by atoms with Crippen LogP contribution >= 0.6 is 11.3 Å². The third-order valence-electron chi connectivity index (χ3n) is 3.37. The van der Waals surface area contributed by atoms with Gasteiger partial charge in [-0.2, -0.15) is 0 Å². The Morgan fingerprint density at radius 1 is 1.29 bits per heavy atom. The quantitative estimate of drug-likeness (QED) is 0.791. The molecule has 0 aliphatic heterocycles. The molecular weight excluding hydrogens is 324 g/mol. The SMILES string of the molecule is Cn1nnnc1-c1cccc(NC(=O)c2cnc(C(C)(C)C)s2)c1. The van der Waals surface area contributed by atoms with E-state index in [1.807, 2.05) is 24.3 Å². The van der Waals surface area contributed by atoms with Crippen molar-refractivity contribution in [3.63, 3.8) is 0 Å². The topological polar surface area (TPSA) is 85.6 Å². The number of anilines is 1. The Kier molecular flexibility index (Phi) is 4.15. The number of nitrogens with one attached hydrogen (secondary N) is 1. The van der Waals surface area contributed by atoms with Crippen molar-refractivity contribution in [1.82, 2.24) is 25.2 Å². The lowest BCUT2D eigenvalue weighted by Gasteiger charge is -2.13. The highest BCUT2D eigenvalue weighted by Crippen LogP contribution is 2.27. The first-order valence-corrected chi connectivity index (χ1v) is 8.27. The van der Waals surface area contributed by atoms with Crippen LogP contribution in [-0.4, -0.2) is 31.1 Å². The van der Waals surface area contributed by atoms with Crippen LogP contribution < -0.4 is 5.32 Å². The minimum atomic E-state index is -0.170. The second kappa shape index (κ2) is 6.12. The van der Waals surface area contributed by atoms with Crippen LogP contribution in [-0.2, 0) is 12.5 Å². The summed E-state index contributed by atoms with van der Waals surface area (Å²) >= 11 is 1.41. The molecule has 3 rings (SSSR count). The molecule has 8 heteroatoms. The highest BCUT2D eigenvalue weighted by atomic mass is 32.1. The zero-order valence-electron chi connectivity index (χ0n) is 13.9. The molecule has 124 valence electrons. The van der Waals surface area contributed by atoms with Gasteiger partial charge in [0.05, 0.1) is 11.2 Å². The monoisotopic (exact) mass is 342 g/mol. The van der Waals surface area contributed by atoms with E-state index in [0.717, 1.165) is 10.6 Å². The first-order chi connectivity index (χ1) is 11.3. The zero-order chi connectivity index (χ0) is 17.3. The van der Waals surface area contributed by atoms with Gasteiger partial charge in [0.2, 0.25) is 0 Å². The third kappa shape index (κ3) is 3.33. The summed E-state index contributed by atoms with van der Waals surface area (Å²) in [6.07, 6.45) is 1.62. The highest BCUT2D eigenvalue weighted by Gasteiger charge is 2.20. The minimum absolute atomic E-state index is 0.0681. The maximum Gasteiger partial charge on any atom is 0.267 e. The third-order valence-corrected chi connectivity index (χ3v) is 4.79. The Morgan fingerprint density at radius 3 is 2.71 bits per heavy atom. The molecular formula is C16H18N6OS. The van der Waals surface area contributed by atoms with Gasteiger partial charge >= 0.3 is 0 Å². The summed E-state index contributed by atoms with van der Waals surface area (Å²) < 4.78 is 1.58. The van der Waals surface area contributed by atoms with E-state index in [0.29, 0.717) is 16.4 Å². The van der Waals surface area contributed by atoms with Crippen LogP contribution in [0.1, 0.15) is 35.5 Å². The average Bonchev–Trinajstić information content (AvgIpc) is 3.15. The molecule has 2 aromatic heterocycles. The average molecular weight is 342 g/mol. The highest BCUT2D eigenvalue weighted by molar-refractivity contribution is 7.13. The van der Waals surface area contributed by atoms with Crippen LogP contribution in [0.15, 0.2) is 30.5 Å². The zero-order valence-corrected chi connectivity index (χ0v) is 14.8. The number of tetrazole rings is 1. The Hall–Kier alpha value is -2.61. The molecule has 2 heterocycles. The molecule has 0 aliphatic carbocycles. The molecule has 1 aromatic carbocycles. The van der Waals surface area contributed by atoms with E-state index >= 15 is 0 Å². The largest absolute Gasteiger partial charge is 0.321 e. The van der Waals surface area contributed by atoms with Crippen LogP contribution in [0.2, 0.25) is 0 Å². The molecule has 0 saturated carbocycles. The number of benzene rings is 1. The van der Waals surface area contributed by atoms with Crippen molar-refractivity contribution in [2.75, 3.05) is 5.32 Å². The van der Waals surface area contributed by atoms with Crippen molar-refractivity contribution in [1.29, 1.82) is 0 Å². The molecule has 24 heavy (non-hydrogen) atoms. The van der Waals surface area contributed by atoms with Crippen LogP contribution in [0.25, 0.3) is 11.4 Å². The van der Waals surface area contributed by atoms with Crippen molar-refractivity contribution in [3.05, 3.63) is 40.3 Å². The number of amides is 1. The lowest BCUT2D eigenvalue weighted by atomic mass is 9.98. The van der Waals surface area contributed by atoms with Crippen molar-refractivity contribution in [2.24, 2.45) is 7.05 Å². The van der Waals surface area contributed by atoms with Gasteiger partial charge in [-0.05, 0) is 22.6 Å². The summed E-state index contributed by atoms with van der Waals surface area (Å²) in [5, 5.41) is 15.3. The molecule has 1 N–H and O–H groups in total. The number of hydrogen-bond acceptors (Lipinski definition) is 6. The van der Waals surface area contributed by atoms with E-state index in [2.05, 4.69) is 46.6 Å². The van der Waals surface area contributed by atoms with Crippen molar-refractivity contribution >= 4 is 22.9 Å². The smallest absolute Gasteiger partial charge is 0.267 e. The number of carbonyl (C=O) groups is 1. The van der Waals surface area contributed by atoms with Crippen molar-refractivity contribution in [2.45, 2.75) is 26.2 Å². The van der Waals surface area contributed by atoms with Gasteiger partial charge in [-0.1, -0.05) is 32.9 Å². The summed E-state index contributed by atoms with van der Waals surface area (Å²) in [4.78, 5) is 17.4. The van der Waals surface area contributed by atoms with E-state index in [1.165, 1.54) is 11.3 Å². The number of nitrogens with zero attached hydrogens (tertiary/aromatic N) is 5. The molecule has 0 radical (unpaired) electrons. The Labute approximate surface area is 143 Å². The summed E-state index contributed by atoms with van der Waals surface area (Å²) in [5.41, 5.74) is 1.45. The lowest BCUT2D eigenvalue weighted by Crippen LogP contribution is -2.11. The standard InChI is InChI=1S/C16H18N6OS/c1-16(2,3)15-17-9-12(24-15)14(23)18-11-7-5-6-10(8-11)13-19-20-21-22(13)4/h5-9H,1-4H3,(H,18,23). The fraction of sp³-hybridized carbons (Fsp3) is 0.312. The first kappa shape index (κ1) is 16.3. The van der Waals surface area contributed by atoms with E-state index in [-0.39, 0.29) is 11.3 Å². The lowest BCUT2D eigenvalue weighted by molar-refractivity contribution is 0.103. The van der Waals surface area contributed by atoms with E-state index in [4.69, 9.17) is 0 Å². The number of aryl methyl sites for hydroxylation is 1. The normalized spacial score (nSPS) is 11.5. The van der Waals surface area contributed by atoms with E-state index in [1.54, 1.807) is 17.9 Å². The Morgan fingerprint density at radius 2 is 2.08 bits per heavy atom. The summed E-state index contributed by atoms with van der Waals surface area (Å²) in [7, 11) is 1.77. The number of carbonyl (C=O) groups excluding carboxylic acids is 1. The maximum atomic E-state index is 12.4. The molecule has 0 bridgehead atoms. The molecule has 0 spiro atoms. The van der Waals surface area contributed by atoms with Crippen LogP contribution in [0.3, 0.4) is 0 Å². The van der Waals surface area contributed by atoms with Crippen LogP contribution in [0, 0.1) is 0 Å². The predicted molar refractivity (Wildman–Crippen MR) is 93.0 cm³/mol. The number of aromatic nitrogens is 5. The Balaban J connectivity index is 1.80. The van der Waals surface area contributed by atoms with Crippen LogP contribution in [0.4, 0.5) is 5.69 Å². The number of hydrogen-bond donors (Lipinski definition) is 1. The van der Waals surface area contributed by atoms with E-state index in [9.17, 15) is 4.79 Å². The van der Waals surface area contributed by atoms with Gasteiger partial charge in [-0.3, -0.25) is 4.79 Å². The summed E-state index contributed by atoms with van der Waals surface area (Å²) in [6.45, 7) is 6.23. The van der Waals surface area contributed by atoms with Gasteiger partial charge in [-0.15, -0.1) is 16.4 Å². The van der Waals surface area contributed by atoms with Crippen molar-refractivity contribution < 1.29 is 4.79 Å². The summed E-state index contributed by atoms with van der Waals surface area (Å²) in [5.74, 6) is 0.468. The predicted octanol–water partition coefficient (Wildman–Crippen LogP) is 2.88. The van der Waals surface area contributed by atoms with Crippen molar-refractivity contribution in [3.8, 4) is 11.4 Å². The van der Waals surface area contributed by atoms with E-state index < -0.39 is 0 Å². The fourth-order valence-electron chi connectivity index (χ4n) is 2.13. The van der Waals surface area contributed by atoms with Gasteiger partial charge in [-0.25, -0.2) is 9.67 Å². The summed E-state index contributed by atoms with van der Waals surface area (Å²) in [6, 6.07) is 7.42. The van der Waals surface area contributed by atoms with Gasteiger partial charge in [0.1, 0.15) is 4.88 Å². The van der Waals surface area contributed by atoms with Gasteiger partial charge in [0, 0.05) is 23.7 Å². The molecule has 0 aliphatic rings. The maximum absolute atomic E-state index is 12.4. The number of rotatable bonds is 3. The van der Waals surface area contributed by atoms with Gasteiger partial charge < -0.3 is 5.32 Å². The first-order valence-electron chi connectivity index (χ1n) is 7.45. The second-order valence-corrected chi connectivity index (χ2v) is 7.47. The molecule has 0 atom stereocenters. The Bertz CT molecular complexity index is 877. The molecule has 0 saturated heterocycles. The van der Waals surface area contributed by atoms with Gasteiger partial charge in [0.15, 0.2) is 5.82 Å². The molecule has 1 amide bonds. The molecule has 0 unspecified atom stereocenters. The fourth-order valence-corrected chi connectivity index (χ4v) is 3.00. The molecule has 7 nitrogen and oxygen atoms in total. The minimum Gasteiger partial charge on any atom is -0.321 e. The molecule has 0 fully saturated rings. The molecule has 3 aromatic rings. The number of thiazole rings is 1. The van der Waals surface area contributed by atoms with Crippen LogP contribution in [0.5, 0.6) is 0 Å². The second-order valence-electron chi connectivity index (χ2n) is 6.44. The van der Waals surface area contributed by atoms with Gasteiger partial charge in [0.25, 0.3) is 5.91 Å².